The van der Waals surface area contributed by atoms with E-state index >= 15 is 0 Å². The van der Waals surface area contributed by atoms with Crippen LogP contribution in [-0.4, -0.2) is 24.1 Å². The zero-order valence-electron chi connectivity index (χ0n) is 33.9. The summed E-state index contributed by atoms with van der Waals surface area (Å²) in [5.74, 6) is 1.76. The Labute approximate surface area is 361 Å². The first-order valence-corrected chi connectivity index (χ1v) is 21.2. The Bertz CT molecular complexity index is 3890. The lowest BCUT2D eigenvalue weighted by molar-refractivity contribution is 0.666. The van der Waals surface area contributed by atoms with Gasteiger partial charge in [-0.25, -0.2) is 4.98 Å². The predicted octanol–water partition coefficient (Wildman–Crippen LogP) is 14.6. The van der Waals surface area contributed by atoms with Crippen LogP contribution >= 0.6 is 0 Å². The fraction of sp³-hybridized carbons (Fsp3) is 0. The fourth-order valence-corrected chi connectivity index (χ4v) is 9.43. The van der Waals surface area contributed by atoms with Gasteiger partial charge in [0.2, 0.25) is 5.95 Å². The number of para-hydroxylation sites is 3. The number of hydrogen-bond donors (Lipinski definition) is 0. The summed E-state index contributed by atoms with van der Waals surface area (Å²) in [6, 6.07) is 74.4. The summed E-state index contributed by atoms with van der Waals surface area (Å²) in [7, 11) is 0. The molecule has 0 N–H and O–H groups in total. The Hall–Kier alpha value is -8.61. The Balaban J connectivity index is 1.06. The van der Waals surface area contributed by atoms with Crippen molar-refractivity contribution in [3.63, 3.8) is 0 Å². The van der Waals surface area contributed by atoms with E-state index in [1.54, 1.807) is 0 Å². The average Bonchev–Trinajstić information content (AvgIpc) is 4.01. The van der Waals surface area contributed by atoms with Crippen molar-refractivity contribution in [1.29, 1.82) is 0 Å². The SMILES string of the molecule is c1ccc(-c2ccc(-c3nc(-c4ccccc4)nc(-n4c5ccccc5c5cc6c7ccccc7n(-c7cccc8c7oc7ccc(-c9ccccc9)cc78)c6cc54)n3)cc2)cc1. The van der Waals surface area contributed by atoms with Crippen molar-refractivity contribution >= 4 is 65.6 Å². The van der Waals surface area contributed by atoms with E-state index in [1.165, 1.54) is 10.9 Å². The molecule has 0 amide bonds. The lowest BCUT2D eigenvalue weighted by Gasteiger charge is -2.12. The van der Waals surface area contributed by atoms with Gasteiger partial charge in [0.1, 0.15) is 5.58 Å². The number of aromatic nitrogens is 5. The van der Waals surface area contributed by atoms with Crippen LogP contribution in [0.15, 0.2) is 217 Å². The first-order chi connectivity index (χ1) is 31.2. The van der Waals surface area contributed by atoms with E-state index in [0.717, 1.165) is 93.7 Å². The second-order valence-electron chi connectivity index (χ2n) is 16.0. The minimum atomic E-state index is 0.549. The first-order valence-electron chi connectivity index (χ1n) is 21.2. The number of fused-ring (bicyclic) bond motifs is 9. The lowest BCUT2D eigenvalue weighted by atomic mass is 10.0. The molecule has 0 saturated carbocycles. The van der Waals surface area contributed by atoms with Gasteiger partial charge in [0.25, 0.3) is 0 Å². The molecule has 13 aromatic rings. The fourth-order valence-electron chi connectivity index (χ4n) is 9.43. The molecule has 4 aromatic heterocycles. The molecule has 0 bridgehead atoms. The van der Waals surface area contributed by atoms with Crippen LogP contribution in [-0.2, 0) is 0 Å². The van der Waals surface area contributed by atoms with Gasteiger partial charge in [0.05, 0.1) is 27.8 Å². The number of benzene rings is 9. The molecule has 0 fully saturated rings. The van der Waals surface area contributed by atoms with Crippen LogP contribution in [0, 0.1) is 0 Å². The summed E-state index contributed by atoms with van der Waals surface area (Å²) in [6.45, 7) is 0. The van der Waals surface area contributed by atoms with E-state index in [-0.39, 0.29) is 0 Å². The van der Waals surface area contributed by atoms with Gasteiger partial charge < -0.3 is 8.98 Å². The van der Waals surface area contributed by atoms with Crippen molar-refractivity contribution in [3.05, 3.63) is 212 Å². The maximum Gasteiger partial charge on any atom is 0.238 e. The standard InChI is InChI=1S/C57H35N5O/c1-4-15-36(16-5-1)38-27-29-40(30-28-38)56-58-55(39-19-8-3-9-20-39)59-57(60-56)62-49-25-13-11-22-43(49)46-34-45-42-21-10-12-24-48(42)61(51(45)35-52(46)62)50-26-14-23-44-47-33-41(37-17-6-2-7-18-37)31-32-53(47)63-54(44)50/h1-35H. The smallest absolute Gasteiger partial charge is 0.238 e. The van der Waals surface area contributed by atoms with Crippen LogP contribution in [0.1, 0.15) is 0 Å². The zero-order valence-corrected chi connectivity index (χ0v) is 33.9. The molecule has 294 valence electrons. The average molecular weight is 806 g/mol. The number of hydrogen-bond acceptors (Lipinski definition) is 4. The van der Waals surface area contributed by atoms with Crippen LogP contribution in [0.5, 0.6) is 0 Å². The van der Waals surface area contributed by atoms with Crippen molar-refractivity contribution in [1.82, 2.24) is 24.1 Å². The highest BCUT2D eigenvalue weighted by Gasteiger charge is 2.23. The minimum absolute atomic E-state index is 0.549. The van der Waals surface area contributed by atoms with Crippen molar-refractivity contribution in [3.8, 4) is 56.7 Å². The topological polar surface area (TPSA) is 61.7 Å². The van der Waals surface area contributed by atoms with Gasteiger partial charge in [-0.3, -0.25) is 4.57 Å². The second-order valence-corrected chi connectivity index (χ2v) is 16.0. The highest BCUT2D eigenvalue weighted by Crippen LogP contribution is 2.42. The van der Waals surface area contributed by atoms with Crippen LogP contribution in [0.25, 0.3) is 122 Å². The van der Waals surface area contributed by atoms with Crippen molar-refractivity contribution in [2.75, 3.05) is 0 Å². The van der Waals surface area contributed by atoms with Crippen LogP contribution < -0.4 is 0 Å². The summed E-state index contributed by atoms with van der Waals surface area (Å²) in [5.41, 5.74) is 13.3. The maximum atomic E-state index is 6.81. The molecule has 6 nitrogen and oxygen atoms in total. The normalized spacial score (nSPS) is 11.8. The molecule has 0 spiro atoms. The summed E-state index contributed by atoms with van der Waals surface area (Å²) >= 11 is 0. The van der Waals surface area contributed by atoms with Gasteiger partial charge in [-0.2, -0.15) is 9.97 Å². The molecule has 0 aliphatic carbocycles. The van der Waals surface area contributed by atoms with E-state index < -0.39 is 0 Å². The Morgan fingerprint density at radius 2 is 0.794 bits per heavy atom. The second kappa shape index (κ2) is 14.0. The van der Waals surface area contributed by atoms with Crippen molar-refractivity contribution < 1.29 is 4.42 Å². The highest BCUT2D eigenvalue weighted by atomic mass is 16.3. The Morgan fingerprint density at radius 1 is 0.302 bits per heavy atom. The molecule has 0 aliphatic rings. The van der Waals surface area contributed by atoms with E-state index in [1.807, 2.05) is 24.3 Å². The monoisotopic (exact) mass is 805 g/mol. The molecule has 6 heteroatoms. The Morgan fingerprint density at radius 3 is 1.46 bits per heavy atom. The molecule has 9 aromatic carbocycles. The van der Waals surface area contributed by atoms with Gasteiger partial charge >= 0.3 is 0 Å². The van der Waals surface area contributed by atoms with Crippen LogP contribution in [0.3, 0.4) is 0 Å². The molecule has 0 radical (unpaired) electrons. The minimum Gasteiger partial charge on any atom is -0.454 e. The molecule has 63 heavy (non-hydrogen) atoms. The van der Waals surface area contributed by atoms with Gasteiger partial charge in [0, 0.05) is 43.4 Å². The van der Waals surface area contributed by atoms with Gasteiger partial charge in [-0.05, 0) is 64.7 Å². The molecular formula is C57H35N5O. The summed E-state index contributed by atoms with van der Waals surface area (Å²) in [5, 5.41) is 6.72. The zero-order chi connectivity index (χ0) is 41.4. The number of nitrogens with zero attached hydrogens (tertiary/aromatic N) is 5. The molecular weight excluding hydrogens is 771 g/mol. The third kappa shape index (κ3) is 5.62. The highest BCUT2D eigenvalue weighted by molar-refractivity contribution is 6.20. The van der Waals surface area contributed by atoms with Gasteiger partial charge in [0.15, 0.2) is 17.2 Å². The largest absolute Gasteiger partial charge is 0.454 e. The molecule has 0 saturated heterocycles. The third-order valence-corrected chi connectivity index (χ3v) is 12.4. The molecule has 0 aliphatic heterocycles. The maximum absolute atomic E-state index is 6.81. The lowest BCUT2D eigenvalue weighted by Crippen LogP contribution is -2.06. The van der Waals surface area contributed by atoms with Crippen molar-refractivity contribution in [2.24, 2.45) is 0 Å². The van der Waals surface area contributed by atoms with E-state index in [4.69, 9.17) is 19.4 Å². The number of furan rings is 1. The quantitative estimate of drug-likeness (QED) is 0.168. The number of rotatable bonds is 6. The summed E-state index contributed by atoms with van der Waals surface area (Å²) in [4.78, 5) is 15.6. The molecule has 0 unspecified atom stereocenters. The summed E-state index contributed by atoms with van der Waals surface area (Å²) < 4.78 is 11.4. The first kappa shape index (κ1) is 35.2. The molecule has 0 atom stereocenters. The Kier molecular flexibility index (Phi) is 7.80. The summed E-state index contributed by atoms with van der Waals surface area (Å²) in [6.07, 6.45) is 0. The van der Waals surface area contributed by atoms with E-state index in [2.05, 4.69) is 197 Å². The van der Waals surface area contributed by atoms with Crippen LogP contribution in [0.2, 0.25) is 0 Å². The third-order valence-electron chi connectivity index (χ3n) is 12.4. The van der Waals surface area contributed by atoms with Gasteiger partial charge in [-0.15, -0.1) is 0 Å². The molecule has 13 rings (SSSR count). The molecule has 4 heterocycles. The van der Waals surface area contributed by atoms with E-state index in [9.17, 15) is 0 Å². The van der Waals surface area contributed by atoms with Gasteiger partial charge in [-0.1, -0.05) is 170 Å². The van der Waals surface area contributed by atoms with Crippen molar-refractivity contribution in [2.45, 2.75) is 0 Å². The van der Waals surface area contributed by atoms with Crippen LogP contribution in [0.4, 0.5) is 0 Å². The van der Waals surface area contributed by atoms with E-state index in [0.29, 0.717) is 17.6 Å². The predicted molar refractivity (Wildman–Crippen MR) is 258 cm³/mol.